The van der Waals surface area contributed by atoms with Crippen LogP contribution in [0.15, 0.2) is 12.2 Å². The fourth-order valence-corrected chi connectivity index (χ4v) is 1.39. The van der Waals surface area contributed by atoms with Crippen LogP contribution in [-0.4, -0.2) is 5.78 Å². The summed E-state index contributed by atoms with van der Waals surface area (Å²) in [4.78, 5) is 10.6. The SMILES string of the molecule is CCCCCCC/C=C/CCC(C)=O. The Balaban J connectivity index is 3.07. The summed E-state index contributed by atoms with van der Waals surface area (Å²) in [6.07, 6.45) is 13.9. The van der Waals surface area contributed by atoms with Gasteiger partial charge >= 0.3 is 0 Å². The lowest BCUT2D eigenvalue weighted by Gasteiger charge is -1.95. The minimum atomic E-state index is 0.289. The number of carbonyl (C=O) groups excluding carboxylic acids is 1. The standard InChI is InChI=1S/C13H24O/c1-3-4-5-6-7-8-9-10-11-12-13(2)14/h9-10H,3-8,11-12H2,1-2H3/b10-9+. The fourth-order valence-electron chi connectivity index (χ4n) is 1.39. The maximum atomic E-state index is 10.6. The van der Waals surface area contributed by atoms with Crippen molar-refractivity contribution in [3.8, 4) is 0 Å². The van der Waals surface area contributed by atoms with E-state index in [9.17, 15) is 4.79 Å². The number of allylic oxidation sites excluding steroid dienone is 2. The molecule has 0 amide bonds. The molecular formula is C13H24O. The molecule has 0 unspecified atom stereocenters. The van der Waals surface area contributed by atoms with Gasteiger partial charge in [-0.2, -0.15) is 0 Å². The predicted octanol–water partition coefficient (Wildman–Crippen LogP) is 4.27. The van der Waals surface area contributed by atoms with Crippen molar-refractivity contribution < 1.29 is 4.79 Å². The lowest BCUT2D eigenvalue weighted by atomic mass is 10.1. The molecule has 0 aliphatic heterocycles. The molecule has 0 aliphatic carbocycles. The van der Waals surface area contributed by atoms with E-state index in [1.165, 1.54) is 38.5 Å². The van der Waals surface area contributed by atoms with Gasteiger partial charge in [0.2, 0.25) is 0 Å². The van der Waals surface area contributed by atoms with Crippen LogP contribution in [0, 0.1) is 0 Å². The van der Waals surface area contributed by atoms with Crippen molar-refractivity contribution in [1.82, 2.24) is 0 Å². The maximum absolute atomic E-state index is 10.6. The first-order valence-corrected chi connectivity index (χ1v) is 5.91. The van der Waals surface area contributed by atoms with Crippen molar-refractivity contribution in [3.63, 3.8) is 0 Å². The molecule has 0 atom stereocenters. The number of unbranched alkanes of at least 4 members (excludes halogenated alkanes) is 5. The van der Waals surface area contributed by atoms with E-state index in [-0.39, 0.29) is 5.78 Å². The summed E-state index contributed by atoms with van der Waals surface area (Å²) in [5.41, 5.74) is 0. The summed E-state index contributed by atoms with van der Waals surface area (Å²) in [5, 5.41) is 0. The number of ketones is 1. The highest BCUT2D eigenvalue weighted by atomic mass is 16.1. The van der Waals surface area contributed by atoms with Crippen molar-refractivity contribution in [2.45, 2.75) is 65.2 Å². The van der Waals surface area contributed by atoms with Crippen LogP contribution in [0.1, 0.15) is 65.2 Å². The van der Waals surface area contributed by atoms with Crippen molar-refractivity contribution in [3.05, 3.63) is 12.2 Å². The second-order valence-corrected chi connectivity index (χ2v) is 3.91. The van der Waals surface area contributed by atoms with E-state index in [4.69, 9.17) is 0 Å². The molecule has 0 aromatic heterocycles. The summed E-state index contributed by atoms with van der Waals surface area (Å²) in [6, 6.07) is 0. The van der Waals surface area contributed by atoms with Gasteiger partial charge in [0.15, 0.2) is 0 Å². The molecule has 0 fully saturated rings. The van der Waals surface area contributed by atoms with Gasteiger partial charge in [-0.15, -0.1) is 0 Å². The number of Topliss-reactive ketones (excluding diaryl/α,β-unsaturated/α-hetero) is 1. The van der Waals surface area contributed by atoms with Gasteiger partial charge in [0.1, 0.15) is 5.78 Å². The van der Waals surface area contributed by atoms with Crippen molar-refractivity contribution in [2.24, 2.45) is 0 Å². The molecule has 0 spiro atoms. The zero-order valence-corrected chi connectivity index (χ0v) is 9.72. The largest absolute Gasteiger partial charge is 0.300 e. The minimum absolute atomic E-state index is 0.289. The third-order valence-corrected chi connectivity index (χ3v) is 2.30. The van der Waals surface area contributed by atoms with E-state index in [0.29, 0.717) is 6.42 Å². The van der Waals surface area contributed by atoms with E-state index in [1.807, 2.05) is 0 Å². The quantitative estimate of drug-likeness (QED) is 0.397. The highest BCUT2D eigenvalue weighted by Gasteiger charge is 1.89. The van der Waals surface area contributed by atoms with E-state index in [0.717, 1.165) is 6.42 Å². The number of rotatable bonds is 9. The van der Waals surface area contributed by atoms with Crippen LogP contribution in [0.5, 0.6) is 0 Å². The molecular weight excluding hydrogens is 172 g/mol. The van der Waals surface area contributed by atoms with Crippen LogP contribution in [0.4, 0.5) is 0 Å². The Morgan fingerprint density at radius 3 is 2.29 bits per heavy atom. The van der Waals surface area contributed by atoms with Gasteiger partial charge in [0, 0.05) is 6.42 Å². The third-order valence-electron chi connectivity index (χ3n) is 2.30. The Morgan fingerprint density at radius 2 is 1.64 bits per heavy atom. The first kappa shape index (κ1) is 13.4. The summed E-state index contributed by atoms with van der Waals surface area (Å²) in [7, 11) is 0. The fraction of sp³-hybridized carbons (Fsp3) is 0.769. The Kier molecular flexibility index (Phi) is 10.0. The second-order valence-electron chi connectivity index (χ2n) is 3.91. The average molecular weight is 196 g/mol. The molecule has 0 aromatic carbocycles. The molecule has 14 heavy (non-hydrogen) atoms. The van der Waals surface area contributed by atoms with Gasteiger partial charge < -0.3 is 4.79 Å². The lowest BCUT2D eigenvalue weighted by molar-refractivity contribution is -0.116. The maximum Gasteiger partial charge on any atom is 0.130 e. The van der Waals surface area contributed by atoms with E-state index < -0.39 is 0 Å². The van der Waals surface area contributed by atoms with Crippen molar-refractivity contribution >= 4 is 5.78 Å². The molecule has 0 N–H and O–H groups in total. The zero-order chi connectivity index (χ0) is 10.6. The molecule has 0 saturated carbocycles. The molecule has 0 rings (SSSR count). The van der Waals surface area contributed by atoms with Crippen LogP contribution < -0.4 is 0 Å². The third kappa shape index (κ3) is 11.4. The van der Waals surface area contributed by atoms with Crippen molar-refractivity contribution in [1.29, 1.82) is 0 Å². The average Bonchev–Trinajstić information content (AvgIpc) is 2.15. The van der Waals surface area contributed by atoms with E-state index >= 15 is 0 Å². The Bertz CT molecular complexity index is 159. The molecule has 0 radical (unpaired) electrons. The Hall–Kier alpha value is -0.590. The lowest BCUT2D eigenvalue weighted by Crippen LogP contribution is -1.86. The van der Waals surface area contributed by atoms with E-state index in [2.05, 4.69) is 19.1 Å². The summed E-state index contributed by atoms with van der Waals surface area (Å²) < 4.78 is 0. The smallest absolute Gasteiger partial charge is 0.130 e. The molecule has 0 aromatic rings. The number of hydrogen-bond acceptors (Lipinski definition) is 1. The highest BCUT2D eigenvalue weighted by molar-refractivity contribution is 5.75. The van der Waals surface area contributed by atoms with Crippen LogP contribution in [0.2, 0.25) is 0 Å². The monoisotopic (exact) mass is 196 g/mol. The minimum Gasteiger partial charge on any atom is -0.300 e. The zero-order valence-electron chi connectivity index (χ0n) is 9.72. The summed E-state index contributed by atoms with van der Waals surface area (Å²) in [5.74, 6) is 0.289. The normalized spacial score (nSPS) is 11.0. The van der Waals surface area contributed by atoms with Gasteiger partial charge in [-0.05, 0) is 26.2 Å². The topological polar surface area (TPSA) is 17.1 Å². The van der Waals surface area contributed by atoms with Gasteiger partial charge in [-0.3, -0.25) is 0 Å². The number of hydrogen-bond donors (Lipinski definition) is 0. The molecule has 0 saturated heterocycles. The van der Waals surface area contributed by atoms with Crippen LogP contribution in [0.25, 0.3) is 0 Å². The van der Waals surface area contributed by atoms with Gasteiger partial charge in [0.05, 0.1) is 0 Å². The summed E-state index contributed by atoms with van der Waals surface area (Å²) in [6.45, 7) is 3.89. The predicted molar refractivity (Wildman–Crippen MR) is 62.4 cm³/mol. The van der Waals surface area contributed by atoms with Gasteiger partial charge in [-0.25, -0.2) is 0 Å². The van der Waals surface area contributed by atoms with Crippen LogP contribution >= 0.6 is 0 Å². The second kappa shape index (κ2) is 10.5. The van der Waals surface area contributed by atoms with Gasteiger partial charge in [0.25, 0.3) is 0 Å². The Labute approximate surface area is 88.6 Å². The molecule has 82 valence electrons. The van der Waals surface area contributed by atoms with Crippen molar-refractivity contribution in [2.75, 3.05) is 0 Å². The van der Waals surface area contributed by atoms with E-state index in [1.54, 1.807) is 6.92 Å². The molecule has 0 aliphatic rings. The van der Waals surface area contributed by atoms with Crippen LogP contribution in [0.3, 0.4) is 0 Å². The number of carbonyl (C=O) groups is 1. The Morgan fingerprint density at radius 1 is 1.00 bits per heavy atom. The summed E-state index contributed by atoms with van der Waals surface area (Å²) >= 11 is 0. The first-order valence-electron chi connectivity index (χ1n) is 5.91. The molecule has 0 bridgehead atoms. The molecule has 1 nitrogen and oxygen atoms in total. The first-order chi connectivity index (χ1) is 6.77. The van der Waals surface area contributed by atoms with Gasteiger partial charge in [-0.1, -0.05) is 44.8 Å². The molecule has 1 heteroatoms. The molecule has 0 heterocycles. The highest BCUT2D eigenvalue weighted by Crippen LogP contribution is 2.05. The van der Waals surface area contributed by atoms with Crippen LogP contribution in [-0.2, 0) is 4.79 Å².